The van der Waals surface area contributed by atoms with Crippen LogP contribution in [0.25, 0.3) is 0 Å². The molecule has 124 valence electrons. The standard InChI is InChI=1S/C18H24N2O3/c1-13-6-5-8-15(12-13)23-11-10-20-16(21)18(19-17(20)22)9-4-3-7-14(18)2/h5-6,8,12,14H,3-4,7,9-11H2,1-2H3,(H,19,22). The van der Waals surface area contributed by atoms with E-state index in [9.17, 15) is 9.59 Å². The largest absolute Gasteiger partial charge is 0.492 e. The van der Waals surface area contributed by atoms with Gasteiger partial charge in [0.05, 0.1) is 6.54 Å². The SMILES string of the molecule is Cc1cccc(OCCN2C(=O)NC3(CCCCC3C)C2=O)c1. The Labute approximate surface area is 137 Å². The summed E-state index contributed by atoms with van der Waals surface area (Å²) in [6.07, 6.45) is 3.85. The van der Waals surface area contributed by atoms with Crippen molar-refractivity contribution in [2.75, 3.05) is 13.2 Å². The van der Waals surface area contributed by atoms with Gasteiger partial charge in [-0.1, -0.05) is 31.9 Å². The van der Waals surface area contributed by atoms with E-state index in [2.05, 4.69) is 12.2 Å². The van der Waals surface area contributed by atoms with Crippen LogP contribution in [0, 0.1) is 12.8 Å². The average molecular weight is 316 g/mol. The molecule has 2 fully saturated rings. The van der Waals surface area contributed by atoms with Crippen molar-refractivity contribution in [2.24, 2.45) is 5.92 Å². The number of rotatable bonds is 4. The van der Waals surface area contributed by atoms with E-state index < -0.39 is 5.54 Å². The minimum Gasteiger partial charge on any atom is -0.492 e. The Hall–Kier alpha value is -2.04. The van der Waals surface area contributed by atoms with Gasteiger partial charge in [0.1, 0.15) is 17.9 Å². The average Bonchev–Trinajstić information content (AvgIpc) is 2.75. The monoisotopic (exact) mass is 316 g/mol. The van der Waals surface area contributed by atoms with Crippen LogP contribution < -0.4 is 10.1 Å². The highest BCUT2D eigenvalue weighted by Crippen LogP contribution is 2.38. The lowest BCUT2D eigenvalue weighted by molar-refractivity contribution is -0.134. The maximum absolute atomic E-state index is 12.8. The van der Waals surface area contributed by atoms with Crippen molar-refractivity contribution in [3.63, 3.8) is 0 Å². The lowest BCUT2D eigenvalue weighted by Gasteiger charge is -2.36. The molecular formula is C18H24N2O3. The second-order valence-electron chi connectivity index (χ2n) is 6.67. The fourth-order valence-corrected chi connectivity index (χ4v) is 3.66. The zero-order valence-corrected chi connectivity index (χ0v) is 13.8. The van der Waals surface area contributed by atoms with Crippen LogP contribution in [0.15, 0.2) is 24.3 Å². The van der Waals surface area contributed by atoms with Crippen LogP contribution in [-0.4, -0.2) is 35.5 Å². The number of benzene rings is 1. The molecule has 1 spiro atoms. The van der Waals surface area contributed by atoms with Crippen molar-refractivity contribution < 1.29 is 14.3 Å². The fourth-order valence-electron chi connectivity index (χ4n) is 3.66. The van der Waals surface area contributed by atoms with Crippen LogP contribution in [0.4, 0.5) is 4.79 Å². The predicted octanol–water partition coefficient (Wildman–Crippen LogP) is 2.87. The first-order valence-electron chi connectivity index (χ1n) is 8.36. The van der Waals surface area contributed by atoms with E-state index in [0.29, 0.717) is 6.61 Å². The van der Waals surface area contributed by atoms with Crippen LogP contribution in [0.5, 0.6) is 5.75 Å². The molecule has 1 aromatic rings. The van der Waals surface area contributed by atoms with Gasteiger partial charge in [0.25, 0.3) is 5.91 Å². The number of nitrogens with one attached hydrogen (secondary N) is 1. The van der Waals surface area contributed by atoms with Gasteiger partial charge >= 0.3 is 6.03 Å². The van der Waals surface area contributed by atoms with Crippen molar-refractivity contribution in [1.82, 2.24) is 10.2 Å². The van der Waals surface area contributed by atoms with Crippen molar-refractivity contribution in [3.8, 4) is 5.75 Å². The quantitative estimate of drug-likeness (QED) is 0.869. The number of imide groups is 1. The lowest BCUT2D eigenvalue weighted by atomic mass is 9.73. The van der Waals surface area contributed by atoms with Crippen LogP contribution >= 0.6 is 0 Å². The minimum atomic E-state index is -0.682. The van der Waals surface area contributed by atoms with Crippen molar-refractivity contribution in [3.05, 3.63) is 29.8 Å². The van der Waals surface area contributed by atoms with Gasteiger partial charge in [-0.25, -0.2) is 4.79 Å². The number of hydrogen-bond acceptors (Lipinski definition) is 3. The van der Waals surface area contributed by atoms with Crippen LogP contribution in [0.3, 0.4) is 0 Å². The molecule has 1 N–H and O–H groups in total. The third-order valence-corrected chi connectivity index (χ3v) is 5.07. The minimum absolute atomic E-state index is 0.0810. The van der Waals surface area contributed by atoms with E-state index in [-0.39, 0.29) is 24.4 Å². The molecule has 2 aliphatic rings. The van der Waals surface area contributed by atoms with Crippen molar-refractivity contribution in [2.45, 2.75) is 45.1 Å². The molecule has 1 saturated carbocycles. The van der Waals surface area contributed by atoms with Crippen molar-refractivity contribution in [1.29, 1.82) is 0 Å². The van der Waals surface area contributed by atoms with Gasteiger partial charge in [0.2, 0.25) is 0 Å². The summed E-state index contributed by atoms with van der Waals surface area (Å²) in [5, 5.41) is 2.96. The number of ether oxygens (including phenoxy) is 1. The van der Waals surface area contributed by atoms with Crippen LogP contribution in [0.2, 0.25) is 0 Å². The summed E-state index contributed by atoms with van der Waals surface area (Å²) in [7, 11) is 0. The first kappa shape index (κ1) is 15.8. The lowest BCUT2D eigenvalue weighted by Crippen LogP contribution is -2.54. The highest BCUT2D eigenvalue weighted by molar-refractivity contribution is 6.07. The van der Waals surface area contributed by atoms with Gasteiger partial charge in [0.15, 0.2) is 0 Å². The molecular weight excluding hydrogens is 292 g/mol. The molecule has 1 aliphatic heterocycles. The topological polar surface area (TPSA) is 58.6 Å². The van der Waals surface area contributed by atoms with E-state index in [1.54, 1.807) is 0 Å². The molecule has 1 aromatic carbocycles. The molecule has 1 heterocycles. The molecule has 1 aliphatic carbocycles. The number of carbonyl (C=O) groups is 2. The summed E-state index contributed by atoms with van der Waals surface area (Å²) in [6, 6.07) is 7.46. The predicted molar refractivity (Wildman–Crippen MR) is 87.3 cm³/mol. The Bertz CT molecular complexity index is 616. The molecule has 0 bridgehead atoms. The third-order valence-electron chi connectivity index (χ3n) is 5.07. The highest BCUT2D eigenvalue weighted by atomic mass is 16.5. The smallest absolute Gasteiger partial charge is 0.325 e. The van der Waals surface area contributed by atoms with Gasteiger partial charge < -0.3 is 10.1 Å². The summed E-state index contributed by atoms with van der Waals surface area (Å²) in [6.45, 7) is 4.66. The number of aryl methyl sites for hydroxylation is 1. The number of nitrogens with zero attached hydrogens (tertiary/aromatic N) is 1. The molecule has 23 heavy (non-hydrogen) atoms. The molecule has 1 saturated heterocycles. The molecule has 2 unspecified atom stereocenters. The van der Waals surface area contributed by atoms with Gasteiger partial charge in [-0.15, -0.1) is 0 Å². The first-order valence-corrected chi connectivity index (χ1v) is 8.36. The van der Waals surface area contributed by atoms with E-state index >= 15 is 0 Å². The number of urea groups is 1. The first-order chi connectivity index (χ1) is 11.0. The van der Waals surface area contributed by atoms with Crippen LogP contribution in [-0.2, 0) is 4.79 Å². The Balaban J connectivity index is 1.62. The maximum atomic E-state index is 12.8. The van der Waals surface area contributed by atoms with Crippen molar-refractivity contribution >= 4 is 11.9 Å². The molecule has 0 aromatic heterocycles. The van der Waals surface area contributed by atoms with E-state index in [4.69, 9.17) is 4.74 Å². The maximum Gasteiger partial charge on any atom is 0.325 e. The van der Waals surface area contributed by atoms with Crippen LogP contribution in [0.1, 0.15) is 38.2 Å². The summed E-state index contributed by atoms with van der Waals surface area (Å²) in [5.74, 6) is 0.871. The number of amides is 3. The van der Waals surface area contributed by atoms with E-state index in [0.717, 1.165) is 37.0 Å². The normalized spacial score (nSPS) is 27.4. The molecule has 3 amide bonds. The Morgan fingerprint density at radius 3 is 2.91 bits per heavy atom. The molecule has 2 atom stereocenters. The van der Waals surface area contributed by atoms with Gasteiger partial charge in [-0.05, 0) is 43.4 Å². The highest BCUT2D eigenvalue weighted by Gasteiger charge is 2.54. The van der Waals surface area contributed by atoms with E-state index in [1.165, 1.54) is 4.90 Å². The second-order valence-corrected chi connectivity index (χ2v) is 6.67. The van der Waals surface area contributed by atoms with Gasteiger partial charge in [-0.2, -0.15) is 0 Å². The Morgan fingerprint density at radius 2 is 2.17 bits per heavy atom. The molecule has 3 rings (SSSR count). The zero-order chi connectivity index (χ0) is 16.4. The van der Waals surface area contributed by atoms with Gasteiger partial charge in [-0.3, -0.25) is 9.69 Å². The second kappa shape index (κ2) is 6.22. The molecule has 5 nitrogen and oxygen atoms in total. The zero-order valence-electron chi connectivity index (χ0n) is 13.8. The van der Waals surface area contributed by atoms with Gasteiger partial charge in [0, 0.05) is 0 Å². The Morgan fingerprint density at radius 1 is 1.35 bits per heavy atom. The molecule has 0 radical (unpaired) electrons. The fraction of sp³-hybridized carbons (Fsp3) is 0.556. The summed E-state index contributed by atoms with van der Waals surface area (Å²) in [4.78, 5) is 26.3. The number of carbonyl (C=O) groups excluding carboxylic acids is 2. The number of hydrogen-bond donors (Lipinski definition) is 1. The third kappa shape index (κ3) is 2.92. The Kier molecular flexibility index (Phi) is 4.28. The summed E-state index contributed by atoms with van der Waals surface area (Å²) in [5.41, 5.74) is 0.436. The summed E-state index contributed by atoms with van der Waals surface area (Å²) >= 11 is 0. The summed E-state index contributed by atoms with van der Waals surface area (Å²) < 4.78 is 5.67. The van der Waals surface area contributed by atoms with E-state index in [1.807, 2.05) is 31.2 Å². The molecule has 5 heteroatoms.